The lowest BCUT2D eigenvalue weighted by Gasteiger charge is -2.27. The maximum atomic E-state index is 8.95. The molecule has 0 unspecified atom stereocenters. The van der Waals surface area contributed by atoms with Crippen molar-refractivity contribution in [2.45, 2.75) is 19.9 Å². The summed E-state index contributed by atoms with van der Waals surface area (Å²) in [5, 5.41) is 9.53. The summed E-state index contributed by atoms with van der Waals surface area (Å²) in [5.74, 6) is 0.556. The molecule has 0 aliphatic rings. The van der Waals surface area contributed by atoms with Crippen molar-refractivity contribution in [3.8, 4) is 0 Å². The normalized spacial score (nSPS) is 10.8. The summed E-state index contributed by atoms with van der Waals surface area (Å²) in [6, 6.07) is 0.181. The van der Waals surface area contributed by atoms with Gasteiger partial charge in [-0.25, -0.2) is 4.98 Å². The van der Waals surface area contributed by atoms with Crippen LogP contribution in [0.2, 0.25) is 10.3 Å². The van der Waals surface area contributed by atoms with E-state index < -0.39 is 0 Å². The molecule has 4 nitrogen and oxygen atoms in total. The Labute approximate surface area is 98.9 Å². The van der Waals surface area contributed by atoms with Crippen LogP contribution in [-0.2, 0) is 0 Å². The minimum Gasteiger partial charge on any atom is -0.395 e. The summed E-state index contributed by atoms with van der Waals surface area (Å²) in [5.41, 5.74) is 0. The van der Waals surface area contributed by atoms with Crippen LogP contribution < -0.4 is 4.90 Å². The van der Waals surface area contributed by atoms with E-state index in [2.05, 4.69) is 9.97 Å². The molecule has 0 atom stereocenters. The average Bonchev–Trinajstić information content (AvgIpc) is 2.18. The van der Waals surface area contributed by atoms with Crippen molar-refractivity contribution in [2.75, 3.05) is 18.1 Å². The van der Waals surface area contributed by atoms with E-state index >= 15 is 0 Å². The van der Waals surface area contributed by atoms with Crippen molar-refractivity contribution in [3.63, 3.8) is 0 Å². The van der Waals surface area contributed by atoms with Crippen LogP contribution in [0.25, 0.3) is 0 Å². The number of hydrogen-bond donors (Lipinski definition) is 1. The minimum atomic E-state index is 0.0378. The molecule has 1 heterocycles. The van der Waals surface area contributed by atoms with Gasteiger partial charge in [0, 0.05) is 12.6 Å². The number of anilines is 1. The molecule has 84 valence electrons. The van der Waals surface area contributed by atoms with Crippen LogP contribution in [-0.4, -0.2) is 34.3 Å². The molecule has 1 rings (SSSR count). The molecule has 1 aromatic heterocycles. The van der Waals surface area contributed by atoms with Gasteiger partial charge in [-0.15, -0.1) is 0 Å². The molecule has 0 amide bonds. The highest BCUT2D eigenvalue weighted by molar-refractivity contribution is 6.33. The fourth-order valence-electron chi connectivity index (χ4n) is 1.26. The van der Waals surface area contributed by atoms with Gasteiger partial charge in [-0.05, 0) is 25.4 Å². The summed E-state index contributed by atoms with van der Waals surface area (Å²) in [4.78, 5) is 9.70. The Morgan fingerprint density at radius 3 is 2.67 bits per heavy atom. The van der Waals surface area contributed by atoms with Gasteiger partial charge in [-0.2, -0.15) is 4.98 Å². The SMILES string of the molecule is CC(C)N(CCO)c1nc(Cl)ncc1Cl. The molecule has 1 N–H and O–H groups in total. The molecule has 0 aromatic carbocycles. The Bertz CT molecular complexity index is 333. The Morgan fingerprint density at radius 1 is 1.47 bits per heavy atom. The maximum absolute atomic E-state index is 8.95. The average molecular weight is 250 g/mol. The second-order valence-corrected chi connectivity index (χ2v) is 4.07. The fourth-order valence-corrected chi connectivity index (χ4v) is 1.58. The summed E-state index contributed by atoms with van der Waals surface area (Å²) in [7, 11) is 0. The van der Waals surface area contributed by atoms with E-state index in [1.54, 1.807) is 0 Å². The number of rotatable bonds is 4. The molecular weight excluding hydrogens is 237 g/mol. The molecule has 0 fully saturated rings. The van der Waals surface area contributed by atoms with Gasteiger partial charge in [0.1, 0.15) is 5.02 Å². The first-order chi connectivity index (χ1) is 7.06. The third kappa shape index (κ3) is 3.19. The van der Waals surface area contributed by atoms with E-state index in [1.807, 2.05) is 18.7 Å². The topological polar surface area (TPSA) is 49.2 Å². The van der Waals surface area contributed by atoms with Gasteiger partial charge in [-0.3, -0.25) is 0 Å². The highest BCUT2D eigenvalue weighted by Crippen LogP contribution is 2.24. The lowest BCUT2D eigenvalue weighted by Crippen LogP contribution is -2.34. The van der Waals surface area contributed by atoms with E-state index in [4.69, 9.17) is 28.3 Å². The molecular formula is C9H13Cl2N3O. The van der Waals surface area contributed by atoms with Crippen LogP contribution in [0.5, 0.6) is 0 Å². The van der Waals surface area contributed by atoms with E-state index in [9.17, 15) is 0 Å². The van der Waals surface area contributed by atoms with Crippen LogP contribution in [0.3, 0.4) is 0 Å². The van der Waals surface area contributed by atoms with Gasteiger partial charge in [0.25, 0.3) is 0 Å². The largest absolute Gasteiger partial charge is 0.395 e. The lowest BCUT2D eigenvalue weighted by atomic mass is 10.3. The third-order valence-electron chi connectivity index (χ3n) is 1.93. The predicted molar refractivity (Wildman–Crippen MR) is 61.6 cm³/mol. The van der Waals surface area contributed by atoms with Crippen molar-refractivity contribution in [3.05, 3.63) is 16.5 Å². The van der Waals surface area contributed by atoms with Gasteiger partial charge in [0.05, 0.1) is 12.8 Å². The maximum Gasteiger partial charge on any atom is 0.224 e. The molecule has 0 bridgehead atoms. The van der Waals surface area contributed by atoms with Crippen molar-refractivity contribution < 1.29 is 5.11 Å². The fraction of sp³-hybridized carbons (Fsp3) is 0.556. The number of aliphatic hydroxyl groups is 1. The Morgan fingerprint density at radius 2 is 2.13 bits per heavy atom. The molecule has 0 saturated heterocycles. The smallest absolute Gasteiger partial charge is 0.224 e. The quantitative estimate of drug-likeness (QED) is 0.830. The lowest BCUT2D eigenvalue weighted by molar-refractivity contribution is 0.298. The van der Waals surface area contributed by atoms with E-state index in [1.165, 1.54) is 6.20 Å². The Kier molecular flexibility index (Phi) is 4.57. The molecule has 15 heavy (non-hydrogen) atoms. The molecule has 0 aliphatic heterocycles. The summed E-state index contributed by atoms with van der Waals surface area (Å²) < 4.78 is 0. The zero-order valence-electron chi connectivity index (χ0n) is 8.61. The molecule has 0 radical (unpaired) electrons. The second-order valence-electron chi connectivity index (χ2n) is 3.32. The van der Waals surface area contributed by atoms with E-state index in [0.29, 0.717) is 17.4 Å². The van der Waals surface area contributed by atoms with E-state index in [0.717, 1.165) is 0 Å². The van der Waals surface area contributed by atoms with Crippen LogP contribution in [0.1, 0.15) is 13.8 Å². The van der Waals surface area contributed by atoms with Gasteiger partial charge in [0.2, 0.25) is 5.28 Å². The third-order valence-corrected chi connectivity index (χ3v) is 2.38. The van der Waals surface area contributed by atoms with E-state index in [-0.39, 0.29) is 17.9 Å². The van der Waals surface area contributed by atoms with Crippen molar-refractivity contribution in [1.82, 2.24) is 9.97 Å². The van der Waals surface area contributed by atoms with Gasteiger partial charge >= 0.3 is 0 Å². The van der Waals surface area contributed by atoms with Gasteiger partial charge in [-0.1, -0.05) is 11.6 Å². The van der Waals surface area contributed by atoms with Gasteiger partial charge in [0.15, 0.2) is 5.82 Å². The highest BCUT2D eigenvalue weighted by Gasteiger charge is 2.15. The molecule has 0 spiro atoms. The second kappa shape index (κ2) is 5.49. The molecule has 0 saturated carbocycles. The number of aromatic nitrogens is 2. The standard InChI is InChI=1S/C9H13Cl2N3O/c1-6(2)14(3-4-15)8-7(10)5-12-9(11)13-8/h5-6,15H,3-4H2,1-2H3. The zero-order chi connectivity index (χ0) is 11.4. The molecule has 1 aromatic rings. The number of aliphatic hydroxyl groups excluding tert-OH is 1. The molecule has 0 aliphatic carbocycles. The number of hydrogen-bond acceptors (Lipinski definition) is 4. The Balaban J connectivity index is 3.04. The van der Waals surface area contributed by atoms with Crippen molar-refractivity contribution in [2.24, 2.45) is 0 Å². The summed E-state index contributed by atoms with van der Waals surface area (Å²) in [6.45, 7) is 4.48. The minimum absolute atomic E-state index is 0.0378. The number of halogens is 2. The zero-order valence-corrected chi connectivity index (χ0v) is 10.1. The van der Waals surface area contributed by atoms with Crippen LogP contribution in [0.4, 0.5) is 5.82 Å². The monoisotopic (exact) mass is 249 g/mol. The van der Waals surface area contributed by atoms with Crippen LogP contribution in [0, 0.1) is 0 Å². The number of nitrogens with zero attached hydrogens (tertiary/aromatic N) is 3. The first kappa shape index (κ1) is 12.5. The summed E-state index contributed by atoms with van der Waals surface area (Å²) in [6.07, 6.45) is 1.46. The first-order valence-corrected chi connectivity index (χ1v) is 5.37. The van der Waals surface area contributed by atoms with Crippen molar-refractivity contribution >= 4 is 29.0 Å². The molecule has 6 heteroatoms. The van der Waals surface area contributed by atoms with Crippen molar-refractivity contribution in [1.29, 1.82) is 0 Å². The van der Waals surface area contributed by atoms with Crippen LogP contribution >= 0.6 is 23.2 Å². The Hall–Kier alpha value is -0.580. The van der Waals surface area contributed by atoms with Gasteiger partial charge < -0.3 is 10.0 Å². The highest BCUT2D eigenvalue weighted by atomic mass is 35.5. The van der Waals surface area contributed by atoms with Crippen LogP contribution in [0.15, 0.2) is 6.20 Å². The predicted octanol–water partition coefficient (Wildman–Crippen LogP) is 1.99. The first-order valence-electron chi connectivity index (χ1n) is 4.61. The summed E-state index contributed by atoms with van der Waals surface area (Å²) >= 11 is 11.7.